The predicted octanol–water partition coefficient (Wildman–Crippen LogP) is 4.81. The van der Waals surface area contributed by atoms with Gasteiger partial charge in [0, 0.05) is 23.1 Å². The van der Waals surface area contributed by atoms with Crippen LogP contribution in [0.4, 0.5) is 0 Å². The van der Waals surface area contributed by atoms with Crippen LogP contribution in [0.2, 0.25) is 0 Å². The second kappa shape index (κ2) is 5.74. The smallest absolute Gasteiger partial charge is 0.0485 e. The van der Waals surface area contributed by atoms with Crippen molar-refractivity contribution in [2.24, 2.45) is 0 Å². The Hall–Kier alpha value is -1.24. The minimum atomic E-state index is 0.541. The van der Waals surface area contributed by atoms with E-state index >= 15 is 0 Å². The molecule has 0 spiro atoms. The van der Waals surface area contributed by atoms with Gasteiger partial charge in [-0.05, 0) is 38.0 Å². The van der Waals surface area contributed by atoms with Crippen molar-refractivity contribution in [1.82, 2.24) is 4.57 Å². The monoisotopic (exact) mass is 217 g/mol. The van der Waals surface area contributed by atoms with Crippen molar-refractivity contribution >= 4 is 10.9 Å². The minimum absolute atomic E-state index is 0.541. The van der Waals surface area contributed by atoms with E-state index in [9.17, 15) is 0 Å². The van der Waals surface area contributed by atoms with Gasteiger partial charge in [0.05, 0.1) is 0 Å². The number of benzene rings is 1. The summed E-state index contributed by atoms with van der Waals surface area (Å²) in [4.78, 5) is 0. The van der Waals surface area contributed by atoms with Crippen LogP contribution in [0, 0.1) is 0 Å². The number of rotatable bonds is 2. The number of hydrogen-bond acceptors (Lipinski definition) is 0. The number of aryl methyl sites for hydroxylation is 1. The van der Waals surface area contributed by atoms with Gasteiger partial charge in [-0.2, -0.15) is 0 Å². The summed E-state index contributed by atoms with van der Waals surface area (Å²) in [5.41, 5.74) is 2.81. The second-order valence-electron chi connectivity index (χ2n) is 4.02. The van der Waals surface area contributed by atoms with E-state index in [1.807, 2.05) is 13.8 Å². The molecule has 0 saturated carbocycles. The highest BCUT2D eigenvalue weighted by Crippen LogP contribution is 2.23. The van der Waals surface area contributed by atoms with Crippen molar-refractivity contribution in [3.8, 4) is 0 Å². The fraction of sp³-hybridized carbons (Fsp3) is 0.467. The van der Waals surface area contributed by atoms with Crippen LogP contribution in [0.3, 0.4) is 0 Å². The van der Waals surface area contributed by atoms with E-state index in [-0.39, 0.29) is 0 Å². The van der Waals surface area contributed by atoms with Crippen molar-refractivity contribution in [2.45, 2.75) is 47.1 Å². The Morgan fingerprint density at radius 1 is 1.12 bits per heavy atom. The third kappa shape index (κ3) is 2.29. The Balaban J connectivity index is 0.000000606. The van der Waals surface area contributed by atoms with Gasteiger partial charge in [-0.15, -0.1) is 0 Å². The molecule has 16 heavy (non-hydrogen) atoms. The van der Waals surface area contributed by atoms with Crippen LogP contribution >= 0.6 is 0 Å². The van der Waals surface area contributed by atoms with Crippen molar-refractivity contribution in [3.05, 3.63) is 36.0 Å². The fourth-order valence-electron chi connectivity index (χ4n) is 2.01. The number of aromatic nitrogens is 1. The minimum Gasteiger partial charge on any atom is -0.345 e. The van der Waals surface area contributed by atoms with E-state index in [1.54, 1.807) is 0 Å². The molecule has 88 valence electrons. The van der Waals surface area contributed by atoms with E-state index in [4.69, 9.17) is 0 Å². The predicted molar refractivity (Wildman–Crippen MR) is 73.0 cm³/mol. The lowest BCUT2D eigenvalue weighted by molar-refractivity contribution is 0.623. The van der Waals surface area contributed by atoms with Gasteiger partial charge in [0.1, 0.15) is 0 Å². The van der Waals surface area contributed by atoms with Crippen LogP contribution in [0.25, 0.3) is 10.9 Å². The van der Waals surface area contributed by atoms with Crippen molar-refractivity contribution in [3.63, 3.8) is 0 Å². The van der Waals surface area contributed by atoms with Crippen LogP contribution in [-0.2, 0) is 6.42 Å². The summed E-state index contributed by atoms with van der Waals surface area (Å²) in [6, 6.07) is 9.34. The summed E-state index contributed by atoms with van der Waals surface area (Å²) in [5.74, 6) is 0. The molecule has 0 saturated heterocycles. The molecule has 0 aliphatic rings. The first-order valence-electron chi connectivity index (χ1n) is 6.32. The van der Waals surface area contributed by atoms with Crippen LogP contribution in [0.15, 0.2) is 30.5 Å². The highest BCUT2D eigenvalue weighted by Gasteiger charge is 2.05. The number of hydrogen-bond donors (Lipinski definition) is 0. The van der Waals surface area contributed by atoms with Gasteiger partial charge in [-0.1, -0.05) is 32.9 Å². The average molecular weight is 217 g/mol. The molecule has 0 fully saturated rings. The zero-order valence-corrected chi connectivity index (χ0v) is 11.1. The van der Waals surface area contributed by atoms with E-state index in [0.29, 0.717) is 6.04 Å². The maximum Gasteiger partial charge on any atom is 0.0485 e. The molecule has 0 aliphatic heterocycles. The molecule has 0 amide bonds. The third-order valence-corrected chi connectivity index (χ3v) is 2.79. The topological polar surface area (TPSA) is 4.93 Å². The molecule has 1 aromatic carbocycles. The summed E-state index contributed by atoms with van der Waals surface area (Å²) in [5, 5.41) is 1.41. The van der Waals surface area contributed by atoms with Crippen LogP contribution in [0.1, 0.15) is 46.2 Å². The molecule has 2 aromatic rings. The molecule has 0 aliphatic carbocycles. The van der Waals surface area contributed by atoms with Gasteiger partial charge in [0.25, 0.3) is 0 Å². The summed E-state index contributed by atoms with van der Waals surface area (Å²) in [6.45, 7) is 10.7. The maximum atomic E-state index is 2.33. The van der Waals surface area contributed by atoms with Gasteiger partial charge in [0.2, 0.25) is 0 Å². The molecular formula is C15H23N. The summed E-state index contributed by atoms with van der Waals surface area (Å²) in [7, 11) is 0. The Kier molecular flexibility index (Phi) is 4.60. The Morgan fingerprint density at radius 2 is 1.81 bits per heavy atom. The summed E-state index contributed by atoms with van der Waals surface area (Å²) < 4.78 is 2.33. The molecule has 1 nitrogen and oxygen atoms in total. The Bertz CT molecular complexity index is 438. The molecule has 0 unspecified atom stereocenters. The average Bonchev–Trinajstić information content (AvgIpc) is 2.75. The summed E-state index contributed by atoms with van der Waals surface area (Å²) >= 11 is 0. The zero-order chi connectivity index (χ0) is 12.1. The van der Waals surface area contributed by atoms with E-state index in [2.05, 4.69) is 55.8 Å². The molecule has 1 heterocycles. The largest absolute Gasteiger partial charge is 0.345 e. The van der Waals surface area contributed by atoms with Crippen molar-refractivity contribution < 1.29 is 0 Å². The zero-order valence-electron chi connectivity index (χ0n) is 11.1. The summed E-state index contributed by atoms with van der Waals surface area (Å²) in [6.07, 6.45) is 3.30. The first-order chi connectivity index (χ1) is 7.74. The highest BCUT2D eigenvalue weighted by atomic mass is 15.0. The lowest BCUT2D eigenvalue weighted by Gasteiger charge is -2.09. The first kappa shape index (κ1) is 12.8. The molecule has 0 atom stereocenters. The molecule has 2 rings (SSSR count). The third-order valence-electron chi connectivity index (χ3n) is 2.79. The van der Waals surface area contributed by atoms with Crippen LogP contribution < -0.4 is 0 Å². The van der Waals surface area contributed by atoms with Crippen LogP contribution in [-0.4, -0.2) is 4.57 Å². The quantitative estimate of drug-likeness (QED) is 0.680. The second-order valence-corrected chi connectivity index (χ2v) is 4.02. The fourth-order valence-corrected chi connectivity index (χ4v) is 2.01. The van der Waals surface area contributed by atoms with Gasteiger partial charge >= 0.3 is 0 Å². The van der Waals surface area contributed by atoms with Gasteiger partial charge in [0.15, 0.2) is 0 Å². The Morgan fingerprint density at radius 3 is 2.38 bits per heavy atom. The van der Waals surface area contributed by atoms with E-state index in [1.165, 1.54) is 16.5 Å². The normalized spacial score (nSPS) is 10.4. The van der Waals surface area contributed by atoms with Crippen molar-refractivity contribution in [2.75, 3.05) is 0 Å². The number of fused-ring (bicyclic) bond motifs is 1. The maximum absolute atomic E-state index is 2.33. The molecule has 0 radical (unpaired) electrons. The lowest BCUT2D eigenvalue weighted by atomic mass is 10.1. The van der Waals surface area contributed by atoms with Crippen LogP contribution in [0.5, 0.6) is 0 Å². The van der Waals surface area contributed by atoms with Gasteiger partial charge < -0.3 is 4.57 Å². The Labute approximate surface area is 99.1 Å². The molecular weight excluding hydrogens is 194 g/mol. The van der Waals surface area contributed by atoms with Gasteiger partial charge in [-0.3, -0.25) is 0 Å². The highest BCUT2D eigenvalue weighted by molar-refractivity contribution is 5.83. The first-order valence-corrected chi connectivity index (χ1v) is 6.32. The molecule has 1 heteroatoms. The van der Waals surface area contributed by atoms with Gasteiger partial charge in [-0.25, -0.2) is 0 Å². The van der Waals surface area contributed by atoms with E-state index < -0.39 is 0 Å². The molecule has 1 aromatic heterocycles. The SMILES string of the molecule is CC.CCc1cccc2c1ccn2C(C)C. The molecule has 0 N–H and O–H groups in total. The lowest BCUT2D eigenvalue weighted by Crippen LogP contribution is -1.97. The number of nitrogens with zero attached hydrogens (tertiary/aromatic N) is 1. The molecule has 0 bridgehead atoms. The standard InChI is InChI=1S/C13H17N.C2H6/c1-4-11-6-5-7-13-12(11)8-9-14(13)10(2)3;1-2/h5-10H,4H2,1-3H3;1-2H3. The van der Waals surface area contributed by atoms with E-state index in [0.717, 1.165) is 6.42 Å². The van der Waals surface area contributed by atoms with Crippen molar-refractivity contribution in [1.29, 1.82) is 0 Å².